The maximum absolute atomic E-state index is 12.2. The summed E-state index contributed by atoms with van der Waals surface area (Å²) in [5.74, 6) is 1.44. The van der Waals surface area contributed by atoms with Crippen molar-refractivity contribution in [3.8, 4) is 11.5 Å². The topological polar surface area (TPSA) is 62.8 Å². The van der Waals surface area contributed by atoms with Crippen LogP contribution < -0.4 is 20.1 Å². The number of hydrogen-bond donors (Lipinski definition) is 2. The van der Waals surface area contributed by atoms with Crippen molar-refractivity contribution in [2.24, 2.45) is 0 Å². The molecule has 25 heavy (non-hydrogen) atoms. The molecule has 1 atom stereocenters. The number of hydrogen-bond acceptors (Lipinski definition) is 5. The third-order valence-electron chi connectivity index (χ3n) is 3.93. The lowest BCUT2D eigenvalue weighted by Crippen LogP contribution is -2.40. The van der Waals surface area contributed by atoms with Crippen molar-refractivity contribution < 1.29 is 14.3 Å². The molecule has 1 heterocycles. The third-order valence-corrected chi connectivity index (χ3v) is 4.64. The van der Waals surface area contributed by atoms with Gasteiger partial charge in [0.1, 0.15) is 11.5 Å². The van der Waals surface area contributed by atoms with Crippen molar-refractivity contribution in [2.45, 2.75) is 12.6 Å². The highest BCUT2D eigenvalue weighted by atomic mass is 32.1. The van der Waals surface area contributed by atoms with Crippen LogP contribution >= 0.6 is 11.3 Å². The first-order valence-electron chi connectivity index (χ1n) is 7.96. The number of carbonyl (C=O) groups excluding carboxylic acids is 1. The number of amides is 2. The molecule has 0 aliphatic rings. The van der Waals surface area contributed by atoms with Crippen molar-refractivity contribution in [3.63, 3.8) is 0 Å². The molecule has 2 aromatic rings. The number of urea groups is 1. The van der Waals surface area contributed by atoms with Gasteiger partial charge in [-0.2, -0.15) is 11.3 Å². The summed E-state index contributed by atoms with van der Waals surface area (Å²) >= 11 is 1.65. The minimum atomic E-state index is -0.216. The average Bonchev–Trinajstić information content (AvgIpc) is 3.13. The zero-order chi connectivity index (χ0) is 18.2. The molecule has 0 fully saturated rings. The maximum Gasteiger partial charge on any atom is 0.315 e. The second-order valence-corrected chi connectivity index (χ2v) is 6.56. The van der Waals surface area contributed by atoms with Crippen LogP contribution in [0.3, 0.4) is 0 Å². The van der Waals surface area contributed by atoms with E-state index >= 15 is 0 Å². The van der Waals surface area contributed by atoms with Gasteiger partial charge in [0.15, 0.2) is 0 Å². The zero-order valence-electron chi connectivity index (χ0n) is 15.0. The summed E-state index contributed by atoms with van der Waals surface area (Å²) in [7, 11) is 7.22. The van der Waals surface area contributed by atoms with E-state index in [0.717, 1.165) is 11.3 Å². The Balaban J connectivity index is 1.90. The van der Waals surface area contributed by atoms with Crippen LogP contribution in [0.15, 0.2) is 35.0 Å². The lowest BCUT2D eigenvalue weighted by Gasteiger charge is -2.24. The van der Waals surface area contributed by atoms with Crippen LogP contribution in [0, 0.1) is 0 Å². The van der Waals surface area contributed by atoms with Gasteiger partial charge in [0.25, 0.3) is 0 Å². The number of methoxy groups -OCH3 is 2. The Morgan fingerprint density at radius 3 is 2.60 bits per heavy atom. The van der Waals surface area contributed by atoms with E-state index in [1.54, 1.807) is 25.6 Å². The molecule has 6 nitrogen and oxygen atoms in total. The lowest BCUT2D eigenvalue weighted by atomic mass is 10.1. The molecular formula is C18H25N3O3S. The molecule has 2 rings (SSSR count). The molecule has 0 saturated carbocycles. The van der Waals surface area contributed by atoms with E-state index < -0.39 is 0 Å². The summed E-state index contributed by atoms with van der Waals surface area (Å²) in [6.07, 6.45) is 0. The van der Waals surface area contributed by atoms with E-state index in [2.05, 4.69) is 27.0 Å². The van der Waals surface area contributed by atoms with Crippen molar-refractivity contribution >= 4 is 17.4 Å². The predicted molar refractivity (Wildman–Crippen MR) is 101 cm³/mol. The van der Waals surface area contributed by atoms with E-state index in [4.69, 9.17) is 9.47 Å². The fraction of sp³-hybridized carbons (Fsp3) is 0.389. The van der Waals surface area contributed by atoms with Gasteiger partial charge in [0.05, 0.1) is 20.3 Å². The molecule has 0 radical (unpaired) electrons. The van der Waals surface area contributed by atoms with Gasteiger partial charge in [-0.05, 0) is 54.7 Å². The first-order valence-corrected chi connectivity index (χ1v) is 8.90. The standard InChI is InChI=1S/C18H25N3O3S/c1-21(2)16(13-7-8-25-12-13)11-20-18(22)19-10-14-9-15(23-3)5-6-17(14)24-4/h5-9,12,16H,10-11H2,1-4H3,(H2,19,20,22). The molecule has 7 heteroatoms. The van der Waals surface area contributed by atoms with E-state index in [0.29, 0.717) is 18.8 Å². The van der Waals surface area contributed by atoms with E-state index in [-0.39, 0.29) is 12.1 Å². The lowest BCUT2D eigenvalue weighted by molar-refractivity contribution is 0.232. The number of rotatable bonds is 8. The Morgan fingerprint density at radius 1 is 1.20 bits per heavy atom. The predicted octanol–water partition coefficient (Wildman–Crippen LogP) is 2.87. The molecule has 136 valence electrons. The number of nitrogens with zero attached hydrogens (tertiary/aromatic N) is 1. The molecule has 0 spiro atoms. The summed E-state index contributed by atoms with van der Waals surface area (Å²) in [4.78, 5) is 14.2. The second-order valence-electron chi connectivity index (χ2n) is 5.78. The van der Waals surface area contributed by atoms with Gasteiger partial charge in [0.2, 0.25) is 0 Å². The number of likely N-dealkylation sites (N-methyl/N-ethyl adjacent to an activating group) is 1. The van der Waals surface area contributed by atoms with Gasteiger partial charge >= 0.3 is 6.03 Å². The van der Waals surface area contributed by atoms with Gasteiger partial charge in [-0.1, -0.05) is 0 Å². The Kier molecular flexibility index (Phi) is 7.09. The zero-order valence-corrected chi connectivity index (χ0v) is 15.9. The summed E-state index contributed by atoms with van der Waals surface area (Å²) in [6.45, 7) is 0.891. The van der Waals surface area contributed by atoms with Crippen LogP contribution in [-0.4, -0.2) is 45.8 Å². The molecule has 1 aromatic heterocycles. The van der Waals surface area contributed by atoms with Crippen LogP contribution in [0.4, 0.5) is 4.79 Å². The molecule has 1 unspecified atom stereocenters. The average molecular weight is 363 g/mol. The second kappa shape index (κ2) is 9.29. The first kappa shape index (κ1) is 19.1. The van der Waals surface area contributed by atoms with Crippen LogP contribution in [0.1, 0.15) is 17.2 Å². The smallest absolute Gasteiger partial charge is 0.315 e. The van der Waals surface area contributed by atoms with Gasteiger partial charge in [-0.3, -0.25) is 0 Å². The first-order chi connectivity index (χ1) is 12.0. The third kappa shape index (κ3) is 5.37. The van der Waals surface area contributed by atoms with Gasteiger partial charge in [0, 0.05) is 18.7 Å². The molecule has 1 aromatic carbocycles. The molecule has 0 saturated heterocycles. The van der Waals surface area contributed by atoms with Gasteiger partial charge < -0.3 is 25.0 Å². The molecule has 0 aliphatic carbocycles. The quantitative estimate of drug-likeness (QED) is 0.757. The number of nitrogens with one attached hydrogen (secondary N) is 2. The summed E-state index contributed by atoms with van der Waals surface area (Å²) in [6, 6.07) is 7.51. The summed E-state index contributed by atoms with van der Waals surface area (Å²) in [5, 5.41) is 9.94. The van der Waals surface area contributed by atoms with Crippen molar-refractivity contribution in [1.82, 2.24) is 15.5 Å². The highest BCUT2D eigenvalue weighted by Gasteiger charge is 2.15. The fourth-order valence-electron chi connectivity index (χ4n) is 2.51. The summed E-state index contributed by atoms with van der Waals surface area (Å²) < 4.78 is 10.5. The largest absolute Gasteiger partial charge is 0.497 e. The Hall–Kier alpha value is -2.25. The normalized spacial score (nSPS) is 11.9. The van der Waals surface area contributed by atoms with E-state index in [1.165, 1.54) is 5.56 Å². The monoisotopic (exact) mass is 363 g/mol. The minimum Gasteiger partial charge on any atom is -0.497 e. The molecular weight excluding hydrogens is 338 g/mol. The minimum absolute atomic E-state index is 0.142. The number of ether oxygens (including phenoxy) is 2. The Bertz CT molecular complexity index is 674. The number of benzene rings is 1. The van der Waals surface area contributed by atoms with Gasteiger partial charge in [-0.15, -0.1) is 0 Å². The SMILES string of the molecule is COc1ccc(OC)c(CNC(=O)NCC(c2ccsc2)N(C)C)c1. The molecule has 2 N–H and O–H groups in total. The molecule has 0 aliphatic heterocycles. The van der Waals surface area contributed by atoms with Crippen LogP contribution in [0.2, 0.25) is 0 Å². The van der Waals surface area contributed by atoms with Gasteiger partial charge in [-0.25, -0.2) is 4.79 Å². The van der Waals surface area contributed by atoms with E-state index in [1.807, 2.05) is 37.7 Å². The number of thiophene rings is 1. The molecule has 0 bridgehead atoms. The van der Waals surface area contributed by atoms with Crippen molar-refractivity contribution in [3.05, 3.63) is 46.2 Å². The van der Waals surface area contributed by atoms with Crippen molar-refractivity contribution in [1.29, 1.82) is 0 Å². The number of carbonyl (C=O) groups is 1. The highest BCUT2D eigenvalue weighted by molar-refractivity contribution is 7.07. The van der Waals surface area contributed by atoms with Crippen molar-refractivity contribution in [2.75, 3.05) is 34.9 Å². The summed E-state index contributed by atoms with van der Waals surface area (Å²) in [5.41, 5.74) is 2.06. The van der Waals surface area contributed by atoms with Crippen LogP contribution in [0.25, 0.3) is 0 Å². The van der Waals surface area contributed by atoms with Crippen LogP contribution in [0.5, 0.6) is 11.5 Å². The molecule has 2 amide bonds. The Morgan fingerprint density at radius 2 is 2.00 bits per heavy atom. The highest BCUT2D eigenvalue weighted by Crippen LogP contribution is 2.23. The fourth-order valence-corrected chi connectivity index (χ4v) is 3.22. The van der Waals surface area contributed by atoms with Crippen LogP contribution in [-0.2, 0) is 6.54 Å². The van der Waals surface area contributed by atoms with E-state index in [9.17, 15) is 4.79 Å². The Labute approximate surface area is 152 Å². The maximum atomic E-state index is 12.2.